The van der Waals surface area contributed by atoms with Crippen molar-refractivity contribution in [2.45, 2.75) is 6.42 Å². The largest absolute Gasteiger partial charge is 0.300 e. The molecule has 4 rings (SSSR count). The highest BCUT2D eigenvalue weighted by molar-refractivity contribution is 6.30. The normalized spacial score (nSPS) is 12.2. The number of fused-ring (bicyclic) bond motifs is 5. The summed E-state index contributed by atoms with van der Waals surface area (Å²) in [6.07, 6.45) is 4.63. The van der Waals surface area contributed by atoms with Gasteiger partial charge >= 0.3 is 0 Å². The summed E-state index contributed by atoms with van der Waals surface area (Å²) >= 11 is 6.08. The first-order valence-corrected chi connectivity index (χ1v) is 6.37. The number of aromatic nitrogens is 5. The molecule has 3 heterocycles. The number of carbonyl (C=O) groups excluding carboxylic acids is 1. The third-order valence-corrected chi connectivity index (χ3v) is 3.64. The van der Waals surface area contributed by atoms with E-state index in [1.54, 1.807) is 23.3 Å². The molecule has 0 spiro atoms. The summed E-state index contributed by atoms with van der Waals surface area (Å²) in [4.78, 5) is 15.3. The van der Waals surface area contributed by atoms with E-state index in [0.717, 1.165) is 29.0 Å². The predicted octanol–water partition coefficient (Wildman–Crippen LogP) is 1.82. The van der Waals surface area contributed by atoms with Gasteiger partial charge in [0.2, 0.25) is 0 Å². The van der Waals surface area contributed by atoms with Gasteiger partial charge in [0.05, 0.1) is 29.0 Å². The van der Waals surface area contributed by atoms with E-state index in [2.05, 4.69) is 15.3 Å². The molecule has 0 unspecified atom stereocenters. The molecular weight excluding hydrogens is 278 g/mol. The van der Waals surface area contributed by atoms with Crippen LogP contribution in [0.15, 0.2) is 30.7 Å². The minimum Gasteiger partial charge on any atom is -0.300 e. The Morgan fingerprint density at radius 1 is 1.30 bits per heavy atom. The quantitative estimate of drug-likeness (QED) is 0.500. The summed E-state index contributed by atoms with van der Waals surface area (Å²) in [6.45, 7) is 0. The molecule has 0 N–H and O–H groups in total. The third-order valence-electron chi connectivity index (χ3n) is 3.40. The van der Waals surface area contributed by atoms with Crippen LogP contribution < -0.4 is 0 Å². The molecule has 0 fully saturated rings. The van der Waals surface area contributed by atoms with E-state index in [9.17, 15) is 4.79 Å². The summed E-state index contributed by atoms with van der Waals surface area (Å²) in [6, 6.07) is 5.51. The molecule has 1 aliphatic rings. The fraction of sp³-hybridized carbons (Fsp3) is 0.0769. The van der Waals surface area contributed by atoms with Gasteiger partial charge in [-0.1, -0.05) is 16.8 Å². The van der Waals surface area contributed by atoms with Gasteiger partial charge in [-0.3, -0.25) is 9.36 Å². The van der Waals surface area contributed by atoms with Gasteiger partial charge in [0, 0.05) is 11.4 Å². The third kappa shape index (κ3) is 1.45. The molecule has 20 heavy (non-hydrogen) atoms. The van der Waals surface area contributed by atoms with Gasteiger partial charge in [-0.15, -0.1) is 5.10 Å². The number of hydrogen-bond acceptors (Lipinski definition) is 4. The van der Waals surface area contributed by atoms with Gasteiger partial charge in [-0.2, -0.15) is 0 Å². The molecule has 0 saturated carbocycles. The van der Waals surface area contributed by atoms with Crippen LogP contribution in [0, 0.1) is 0 Å². The first-order chi connectivity index (χ1) is 9.78. The van der Waals surface area contributed by atoms with Gasteiger partial charge in [0.15, 0.2) is 6.29 Å². The van der Waals surface area contributed by atoms with E-state index in [0.29, 0.717) is 17.1 Å². The smallest absolute Gasteiger partial charge is 0.170 e. The first kappa shape index (κ1) is 11.4. The second kappa shape index (κ2) is 4.01. The lowest BCUT2D eigenvalue weighted by Crippen LogP contribution is -2.03. The maximum atomic E-state index is 11.1. The predicted molar refractivity (Wildman–Crippen MR) is 71.7 cm³/mol. The van der Waals surface area contributed by atoms with Gasteiger partial charge in [0.1, 0.15) is 12.0 Å². The van der Waals surface area contributed by atoms with Crippen LogP contribution in [0.4, 0.5) is 0 Å². The number of benzene rings is 1. The number of imidazole rings is 1. The fourth-order valence-corrected chi connectivity index (χ4v) is 2.66. The lowest BCUT2D eigenvalue weighted by molar-refractivity contribution is 0.111. The van der Waals surface area contributed by atoms with Crippen molar-refractivity contribution in [2.24, 2.45) is 0 Å². The maximum Gasteiger partial charge on any atom is 0.170 e. The van der Waals surface area contributed by atoms with Crippen LogP contribution in [0.1, 0.15) is 21.9 Å². The molecule has 1 aliphatic heterocycles. The lowest BCUT2D eigenvalue weighted by Gasteiger charge is -2.09. The number of aldehydes is 1. The van der Waals surface area contributed by atoms with Crippen LogP contribution >= 0.6 is 11.6 Å². The summed E-state index contributed by atoms with van der Waals surface area (Å²) in [5.74, 6) is 0. The molecule has 3 aromatic rings. The summed E-state index contributed by atoms with van der Waals surface area (Å²) in [5, 5.41) is 8.66. The lowest BCUT2D eigenvalue weighted by atomic mass is 10.2. The SMILES string of the molecule is O=Cc1ncn2c1Cc1cnnn1-c1cc(Cl)ccc1-2. The van der Waals surface area contributed by atoms with E-state index in [1.807, 2.05) is 16.7 Å². The average molecular weight is 286 g/mol. The Morgan fingerprint density at radius 3 is 3.05 bits per heavy atom. The second-order valence-electron chi connectivity index (χ2n) is 4.51. The van der Waals surface area contributed by atoms with Crippen LogP contribution in [0.2, 0.25) is 5.02 Å². The van der Waals surface area contributed by atoms with Crippen molar-refractivity contribution in [1.82, 2.24) is 24.5 Å². The Labute approximate surface area is 118 Å². The summed E-state index contributed by atoms with van der Waals surface area (Å²) in [5.41, 5.74) is 3.83. The Bertz CT molecular complexity index is 835. The molecule has 2 aromatic heterocycles. The minimum atomic E-state index is 0.431. The topological polar surface area (TPSA) is 65.6 Å². The van der Waals surface area contributed by atoms with Gasteiger partial charge in [0.25, 0.3) is 0 Å². The van der Waals surface area contributed by atoms with Crippen molar-refractivity contribution in [2.75, 3.05) is 0 Å². The average Bonchev–Trinajstić information content (AvgIpc) is 3.04. The van der Waals surface area contributed by atoms with Crippen LogP contribution in [-0.4, -0.2) is 30.8 Å². The molecule has 0 atom stereocenters. The molecule has 0 amide bonds. The number of rotatable bonds is 1. The first-order valence-electron chi connectivity index (χ1n) is 5.99. The Balaban J connectivity index is 2.11. The van der Waals surface area contributed by atoms with E-state index >= 15 is 0 Å². The van der Waals surface area contributed by atoms with Crippen molar-refractivity contribution in [3.63, 3.8) is 0 Å². The molecule has 0 radical (unpaired) electrons. The van der Waals surface area contributed by atoms with Gasteiger partial charge in [-0.05, 0) is 18.2 Å². The maximum absolute atomic E-state index is 11.1. The highest BCUT2D eigenvalue weighted by atomic mass is 35.5. The highest BCUT2D eigenvalue weighted by Crippen LogP contribution is 2.29. The summed E-state index contributed by atoms with van der Waals surface area (Å²) < 4.78 is 3.63. The van der Waals surface area contributed by atoms with Crippen molar-refractivity contribution in [3.05, 3.63) is 52.8 Å². The van der Waals surface area contributed by atoms with E-state index in [4.69, 9.17) is 11.6 Å². The van der Waals surface area contributed by atoms with Crippen LogP contribution in [0.3, 0.4) is 0 Å². The number of carbonyl (C=O) groups is 1. The van der Waals surface area contributed by atoms with E-state index < -0.39 is 0 Å². The molecule has 6 nitrogen and oxygen atoms in total. The Hall–Kier alpha value is -2.47. The second-order valence-corrected chi connectivity index (χ2v) is 4.95. The molecule has 1 aromatic carbocycles. The monoisotopic (exact) mass is 285 g/mol. The molecule has 7 heteroatoms. The Kier molecular flexibility index (Phi) is 2.28. The van der Waals surface area contributed by atoms with Crippen molar-refractivity contribution >= 4 is 17.9 Å². The zero-order valence-electron chi connectivity index (χ0n) is 10.2. The highest BCUT2D eigenvalue weighted by Gasteiger charge is 2.23. The van der Waals surface area contributed by atoms with Crippen LogP contribution in [-0.2, 0) is 6.42 Å². The molecule has 0 aliphatic carbocycles. The number of nitrogens with zero attached hydrogens (tertiary/aromatic N) is 5. The molecule has 98 valence electrons. The van der Waals surface area contributed by atoms with Gasteiger partial charge in [-0.25, -0.2) is 9.67 Å². The fourth-order valence-electron chi connectivity index (χ4n) is 2.49. The van der Waals surface area contributed by atoms with Crippen LogP contribution in [0.25, 0.3) is 11.4 Å². The van der Waals surface area contributed by atoms with E-state index in [-0.39, 0.29) is 0 Å². The zero-order valence-corrected chi connectivity index (χ0v) is 10.9. The number of hydrogen-bond donors (Lipinski definition) is 0. The van der Waals surface area contributed by atoms with Crippen LogP contribution in [0.5, 0.6) is 0 Å². The number of halogens is 1. The summed E-state index contributed by atoms with van der Waals surface area (Å²) in [7, 11) is 0. The molecular formula is C13H8ClN5O. The zero-order chi connectivity index (χ0) is 13.7. The Morgan fingerprint density at radius 2 is 2.20 bits per heavy atom. The van der Waals surface area contributed by atoms with Crippen molar-refractivity contribution in [3.8, 4) is 11.4 Å². The molecule has 0 bridgehead atoms. The standard InChI is InChI=1S/C13H8ClN5O/c14-8-1-2-11-13(3-8)19-9(5-16-17-19)4-12-10(6-20)15-7-18(11)12/h1-3,5-7H,4H2. The van der Waals surface area contributed by atoms with E-state index in [1.165, 1.54) is 0 Å². The minimum absolute atomic E-state index is 0.431. The van der Waals surface area contributed by atoms with Crippen molar-refractivity contribution in [1.29, 1.82) is 0 Å². The van der Waals surface area contributed by atoms with Gasteiger partial charge < -0.3 is 0 Å². The van der Waals surface area contributed by atoms with Crippen molar-refractivity contribution < 1.29 is 4.79 Å². The molecule has 0 saturated heterocycles.